The Morgan fingerprint density at radius 1 is 1.19 bits per heavy atom. The van der Waals surface area contributed by atoms with Gasteiger partial charge in [-0.15, -0.1) is 23.5 Å². The van der Waals surface area contributed by atoms with E-state index < -0.39 is 0 Å². The second-order valence-corrected chi connectivity index (χ2v) is 10.1. The first kappa shape index (κ1) is 15.3. The summed E-state index contributed by atoms with van der Waals surface area (Å²) in [6.07, 6.45) is 2.24. The van der Waals surface area contributed by atoms with Gasteiger partial charge in [-0.25, -0.2) is 4.99 Å². The minimum atomic E-state index is -0.0114. The molecule has 4 heteroatoms. The van der Waals surface area contributed by atoms with Gasteiger partial charge in [-0.3, -0.25) is 0 Å². The van der Waals surface area contributed by atoms with E-state index in [2.05, 4.69) is 51.1 Å². The molecule has 0 aromatic heterocycles. The number of benzene rings is 1. The van der Waals surface area contributed by atoms with Crippen LogP contribution < -0.4 is 0 Å². The molecule has 1 aromatic rings. The molecule has 3 rings (SSSR count). The third kappa shape index (κ3) is 3.59. The lowest BCUT2D eigenvalue weighted by molar-refractivity contribution is 0.309. The molecule has 0 aliphatic carbocycles. The summed E-state index contributed by atoms with van der Waals surface area (Å²) >= 11 is 4.01. The fourth-order valence-electron chi connectivity index (χ4n) is 3.11. The Bertz CT molecular complexity index is 507. The molecule has 3 atom stereocenters. The highest BCUT2D eigenvalue weighted by Crippen LogP contribution is 2.50. The van der Waals surface area contributed by atoms with Crippen molar-refractivity contribution in [2.45, 2.75) is 54.2 Å². The zero-order chi connectivity index (χ0) is 14.9. The van der Waals surface area contributed by atoms with Crippen molar-refractivity contribution in [2.24, 2.45) is 4.99 Å². The summed E-state index contributed by atoms with van der Waals surface area (Å²) in [7, 11) is 0. The number of nitrogens with zero attached hydrogens (tertiary/aromatic N) is 1. The Kier molecular flexibility index (Phi) is 4.55. The normalized spacial score (nSPS) is 36.1. The zero-order valence-electron chi connectivity index (χ0n) is 12.9. The van der Waals surface area contributed by atoms with E-state index in [4.69, 9.17) is 9.73 Å². The average molecular weight is 322 g/mol. The van der Waals surface area contributed by atoms with Gasteiger partial charge in [-0.2, -0.15) is 0 Å². The van der Waals surface area contributed by atoms with Crippen LogP contribution >= 0.6 is 23.5 Å². The molecule has 114 valence electrons. The number of rotatable bonds is 3. The second kappa shape index (κ2) is 6.25. The van der Waals surface area contributed by atoms with Gasteiger partial charge >= 0.3 is 0 Å². The molecule has 1 fully saturated rings. The molecular formula is C17H23NOS2. The molecule has 0 saturated carbocycles. The van der Waals surface area contributed by atoms with Gasteiger partial charge in [0.2, 0.25) is 5.90 Å². The molecule has 0 unspecified atom stereocenters. The van der Waals surface area contributed by atoms with Crippen molar-refractivity contribution >= 4 is 29.4 Å². The fraction of sp³-hybridized carbons (Fsp3) is 0.588. The molecule has 1 aromatic carbocycles. The van der Waals surface area contributed by atoms with Gasteiger partial charge in [-0.05, 0) is 25.3 Å². The van der Waals surface area contributed by atoms with E-state index in [-0.39, 0.29) is 10.1 Å². The van der Waals surface area contributed by atoms with E-state index in [1.54, 1.807) is 0 Å². The number of aliphatic imine (C=N–C) groups is 1. The Hall–Kier alpha value is -0.610. The van der Waals surface area contributed by atoms with Gasteiger partial charge in [-0.1, -0.05) is 44.2 Å². The highest BCUT2D eigenvalue weighted by atomic mass is 32.2. The molecule has 0 radical (unpaired) electrons. The molecule has 2 aliphatic heterocycles. The van der Waals surface area contributed by atoms with Gasteiger partial charge in [0.15, 0.2) is 0 Å². The van der Waals surface area contributed by atoms with Crippen molar-refractivity contribution in [3.05, 3.63) is 35.9 Å². The summed E-state index contributed by atoms with van der Waals surface area (Å²) in [4.78, 5) is 4.90. The molecule has 2 aliphatic rings. The Morgan fingerprint density at radius 2 is 1.86 bits per heavy atom. The van der Waals surface area contributed by atoms with Crippen LogP contribution in [0.3, 0.4) is 0 Å². The van der Waals surface area contributed by atoms with E-state index in [0.717, 1.165) is 18.9 Å². The van der Waals surface area contributed by atoms with Crippen molar-refractivity contribution in [1.29, 1.82) is 0 Å². The molecular weight excluding hydrogens is 298 g/mol. The average Bonchev–Trinajstić information content (AvgIpc) is 2.87. The monoisotopic (exact) mass is 321 g/mol. The van der Waals surface area contributed by atoms with E-state index in [1.165, 1.54) is 12.0 Å². The van der Waals surface area contributed by atoms with Crippen LogP contribution in [0.2, 0.25) is 0 Å². The third-order valence-electron chi connectivity index (χ3n) is 3.93. The van der Waals surface area contributed by atoms with Crippen LogP contribution in [0.5, 0.6) is 0 Å². The maximum atomic E-state index is 5.99. The lowest BCUT2D eigenvalue weighted by Crippen LogP contribution is -2.36. The van der Waals surface area contributed by atoms with Gasteiger partial charge in [0.05, 0.1) is 6.04 Å². The number of hydrogen-bond acceptors (Lipinski definition) is 4. The van der Waals surface area contributed by atoms with Crippen LogP contribution in [0, 0.1) is 0 Å². The summed E-state index contributed by atoms with van der Waals surface area (Å²) in [5, 5.41) is 1.34. The summed E-state index contributed by atoms with van der Waals surface area (Å²) in [5.41, 5.74) is 1.34. The van der Waals surface area contributed by atoms with Crippen molar-refractivity contribution in [3.63, 3.8) is 0 Å². The van der Waals surface area contributed by atoms with Crippen molar-refractivity contribution in [3.8, 4) is 0 Å². The summed E-state index contributed by atoms with van der Waals surface area (Å²) in [5.74, 6) is 0.955. The maximum Gasteiger partial charge on any atom is 0.210 e. The van der Waals surface area contributed by atoms with Crippen molar-refractivity contribution in [2.75, 3.05) is 6.61 Å². The van der Waals surface area contributed by atoms with Crippen LogP contribution in [0.4, 0.5) is 0 Å². The van der Waals surface area contributed by atoms with Gasteiger partial charge < -0.3 is 4.74 Å². The third-order valence-corrected chi connectivity index (χ3v) is 6.95. The fourth-order valence-corrected chi connectivity index (χ4v) is 7.17. The molecule has 2 nitrogen and oxygen atoms in total. The minimum absolute atomic E-state index is 0.0114. The topological polar surface area (TPSA) is 21.6 Å². The van der Waals surface area contributed by atoms with E-state index in [1.807, 2.05) is 23.5 Å². The molecule has 0 amide bonds. The second-order valence-electron chi connectivity index (χ2n) is 6.13. The molecule has 0 spiro atoms. The Balaban J connectivity index is 1.70. The SMILES string of the molecule is C[C@@H]1C[C@@H](C)SC(C)(C2=N[C@@H](Cc3ccccc3)CO2)S1. The Labute approximate surface area is 136 Å². The van der Waals surface area contributed by atoms with Crippen LogP contribution in [0.1, 0.15) is 32.8 Å². The first-order chi connectivity index (χ1) is 10.0. The summed E-state index contributed by atoms with van der Waals surface area (Å²) in [6, 6.07) is 10.9. The molecule has 2 heterocycles. The van der Waals surface area contributed by atoms with E-state index in [0.29, 0.717) is 10.5 Å². The van der Waals surface area contributed by atoms with Gasteiger partial charge in [0.1, 0.15) is 10.7 Å². The number of ether oxygens (including phenoxy) is 1. The van der Waals surface area contributed by atoms with E-state index in [9.17, 15) is 0 Å². The maximum absolute atomic E-state index is 5.99. The number of hydrogen-bond donors (Lipinski definition) is 0. The lowest BCUT2D eigenvalue weighted by Gasteiger charge is -2.38. The predicted octanol–water partition coefficient (Wildman–Crippen LogP) is 4.39. The summed E-state index contributed by atoms with van der Waals surface area (Å²) in [6.45, 7) is 7.63. The van der Waals surface area contributed by atoms with Crippen LogP contribution in [0.15, 0.2) is 35.3 Å². The largest absolute Gasteiger partial charge is 0.477 e. The predicted molar refractivity (Wildman–Crippen MR) is 94.4 cm³/mol. The molecule has 21 heavy (non-hydrogen) atoms. The Morgan fingerprint density at radius 3 is 2.52 bits per heavy atom. The van der Waals surface area contributed by atoms with Crippen LogP contribution in [-0.4, -0.2) is 33.1 Å². The first-order valence-corrected chi connectivity index (χ1v) is 9.42. The van der Waals surface area contributed by atoms with Crippen molar-refractivity contribution < 1.29 is 4.74 Å². The van der Waals surface area contributed by atoms with Crippen molar-refractivity contribution in [1.82, 2.24) is 0 Å². The van der Waals surface area contributed by atoms with Crippen LogP contribution in [-0.2, 0) is 11.2 Å². The standard InChI is InChI=1S/C17H23NOS2/c1-12-9-13(2)21-17(3,20-12)16-18-15(11-19-16)10-14-7-5-4-6-8-14/h4-8,12-13,15H,9-11H2,1-3H3/t12-,13-,15+/m1/s1. The number of thioether (sulfide) groups is 2. The lowest BCUT2D eigenvalue weighted by atomic mass is 10.1. The highest BCUT2D eigenvalue weighted by molar-refractivity contribution is 8.20. The first-order valence-electron chi connectivity index (χ1n) is 7.66. The molecule has 0 N–H and O–H groups in total. The minimum Gasteiger partial charge on any atom is -0.477 e. The zero-order valence-corrected chi connectivity index (χ0v) is 14.5. The highest BCUT2D eigenvalue weighted by Gasteiger charge is 2.43. The van der Waals surface area contributed by atoms with Gasteiger partial charge in [0.25, 0.3) is 0 Å². The summed E-state index contributed by atoms with van der Waals surface area (Å²) < 4.78 is 5.97. The smallest absolute Gasteiger partial charge is 0.210 e. The van der Waals surface area contributed by atoms with Gasteiger partial charge in [0, 0.05) is 10.5 Å². The molecule has 1 saturated heterocycles. The molecule has 0 bridgehead atoms. The quantitative estimate of drug-likeness (QED) is 0.824. The van der Waals surface area contributed by atoms with Crippen LogP contribution in [0.25, 0.3) is 0 Å². The van der Waals surface area contributed by atoms with E-state index >= 15 is 0 Å².